The molecule has 9 nitrogen and oxygen atoms in total. The van der Waals surface area contributed by atoms with Crippen molar-refractivity contribution in [2.45, 2.75) is 32.4 Å². The Kier molecular flexibility index (Phi) is 7.77. The lowest BCUT2D eigenvalue weighted by atomic mass is 10.1. The Labute approximate surface area is 186 Å². The third-order valence-corrected chi connectivity index (χ3v) is 5.34. The van der Waals surface area contributed by atoms with Crippen molar-refractivity contribution in [3.63, 3.8) is 0 Å². The molecule has 1 aromatic carbocycles. The molecule has 0 radical (unpaired) electrons. The largest absolute Gasteiger partial charge is 0.467 e. The van der Waals surface area contributed by atoms with Crippen LogP contribution in [0.15, 0.2) is 53.7 Å². The number of nitro benzene ring substituents is 1. The van der Waals surface area contributed by atoms with Crippen LogP contribution in [0.4, 0.5) is 5.69 Å². The van der Waals surface area contributed by atoms with Gasteiger partial charge in [-0.1, -0.05) is 12.1 Å². The van der Waals surface area contributed by atoms with Crippen LogP contribution < -0.4 is 0 Å². The van der Waals surface area contributed by atoms with Crippen LogP contribution in [0.1, 0.15) is 34.5 Å². The van der Waals surface area contributed by atoms with Gasteiger partial charge in [-0.3, -0.25) is 19.7 Å². The average Bonchev–Trinajstić information content (AvgIpc) is 3.47. The fourth-order valence-corrected chi connectivity index (χ4v) is 3.64. The summed E-state index contributed by atoms with van der Waals surface area (Å²) >= 11 is 0. The van der Waals surface area contributed by atoms with Crippen molar-refractivity contribution in [3.8, 4) is 0 Å². The minimum Gasteiger partial charge on any atom is -0.467 e. The quantitative estimate of drug-likeness (QED) is 0.318. The predicted molar refractivity (Wildman–Crippen MR) is 117 cm³/mol. The third kappa shape index (κ3) is 5.82. The van der Waals surface area contributed by atoms with Crippen LogP contribution in [-0.4, -0.2) is 58.9 Å². The van der Waals surface area contributed by atoms with E-state index in [1.807, 2.05) is 0 Å². The van der Waals surface area contributed by atoms with E-state index in [2.05, 4.69) is 6.58 Å². The van der Waals surface area contributed by atoms with Crippen LogP contribution in [0.3, 0.4) is 0 Å². The number of carbonyl (C=O) groups is 2. The number of hydrogen-bond donors (Lipinski definition) is 0. The van der Waals surface area contributed by atoms with E-state index >= 15 is 0 Å². The van der Waals surface area contributed by atoms with Gasteiger partial charge in [0.2, 0.25) is 5.91 Å². The molecule has 2 heterocycles. The van der Waals surface area contributed by atoms with Crippen molar-refractivity contribution in [2.75, 3.05) is 26.2 Å². The zero-order valence-electron chi connectivity index (χ0n) is 18.1. The monoisotopic (exact) mass is 441 g/mol. The van der Waals surface area contributed by atoms with E-state index in [4.69, 9.17) is 9.15 Å². The van der Waals surface area contributed by atoms with Crippen LogP contribution in [0.2, 0.25) is 0 Å². The van der Waals surface area contributed by atoms with E-state index in [0.29, 0.717) is 24.5 Å². The van der Waals surface area contributed by atoms with E-state index in [1.54, 1.807) is 30.2 Å². The number of furan rings is 1. The minimum absolute atomic E-state index is 0.0581. The second kappa shape index (κ2) is 10.7. The molecule has 0 N–H and O–H groups in total. The fourth-order valence-electron chi connectivity index (χ4n) is 3.64. The van der Waals surface area contributed by atoms with Gasteiger partial charge in [-0.2, -0.15) is 0 Å². The molecule has 1 aliphatic heterocycles. The Bertz CT molecular complexity index is 966. The van der Waals surface area contributed by atoms with Crippen LogP contribution in [0, 0.1) is 17.0 Å². The molecule has 1 unspecified atom stereocenters. The summed E-state index contributed by atoms with van der Waals surface area (Å²) in [7, 11) is 0. The number of aryl methyl sites for hydroxylation is 1. The third-order valence-electron chi connectivity index (χ3n) is 5.34. The molecule has 2 amide bonds. The number of benzene rings is 1. The van der Waals surface area contributed by atoms with E-state index in [1.165, 1.54) is 29.2 Å². The first-order valence-corrected chi connectivity index (χ1v) is 10.5. The van der Waals surface area contributed by atoms with Gasteiger partial charge in [0.25, 0.3) is 11.6 Å². The summed E-state index contributed by atoms with van der Waals surface area (Å²) in [6.45, 7) is 6.53. The van der Waals surface area contributed by atoms with Gasteiger partial charge in [0.15, 0.2) is 0 Å². The summed E-state index contributed by atoms with van der Waals surface area (Å²) in [5.74, 6) is -0.114. The highest BCUT2D eigenvalue weighted by molar-refractivity contribution is 5.97. The second-order valence-electron chi connectivity index (χ2n) is 7.72. The molecule has 170 valence electrons. The van der Waals surface area contributed by atoms with Gasteiger partial charge < -0.3 is 19.0 Å². The number of ether oxygens (including phenoxy) is 1. The SMILES string of the molecule is C=CCN(CC(=O)N(Cc1ccco1)CC1CCCO1)C(=O)c1ccc(C)c([N+](=O)[O-])c1. The summed E-state index contributed by atoms with van der Waals surface area (Å²) in [5, 5.41) is 11.3. The Balaban J connectivity index is 1.77. The maximum Gasteiger partial charge on any atom is 0.273 e. The summed E-state index contributed by atoms with van der Waals surface area (Å²) in [6.07, 6.45) is 4.81. The van der Waals surface area contributed by atoms with Crippen LogP contribution in [-0.2, 0) is 16.1 Å². The number of hydrogen-bond acceptors (Lipinski definition) is 6. The highest BCUT2D eigenvalue weighted by Crippen LogP contribution is 2.21. The lowest BCUT2D eigenvalue weighted by Crippen LogP contribution is -2.45. The Morgan fingerprint density at radius 1 is 1.31 bits per heavy atom. The molecule has 1 atom stereocenters. The van der Waals surface area contributed by atoms with Gasteiger partial charge in [-0.15, -0.1) is 6.58 Å². The number of nitro groups is 1. The lowest BCUT2D eigenvalue weighted by Gasteiger charge is -2.28. The fraction of sp³-hybridized carbons (Fsp3) is 0.391. The first kappa shape index (κ1) is 23.2. The van der Waals surface area contributed by atoms with Crippen LogP contribution >= 0.6 is 0 Å². The highest BCUT2D eigenvalue weighted by atomic mass is 16.6. The maximum absolute atomic E-state index is 13.2. The molecule has 1 aromatic heterocycles. The first-order valence-electron chi connectivity index (χ1n) is 10.5. The van der Waals surface area contributed by atoms with Crippen molar-refractivity contribution in [1.29, 1.82) is 0 Å². The molecule has 32 heavy (non-hydrogen) atoms. The second-order valence-corrected chi connectivity index (χ2v) is 7.72. The molecule has 0 spiro atoms. The standard InChI is InChI=1S/C23H27N3O6/c1-3-10-24(23(28)18-9-8-17(2)21(13-18)26(29)30)16-22(27)25(14-19-6-4-11-31-19)15-20-7-5-12-32-20/h3-4,6,8-9,11,13,20H,1,5,7,10,12,14-16H2,2H3. The zero-order valence-corrected chi connectivity index (χ0v) is 18.1. The molecule has 1 fully saturated rings. The van der Waals surface area contributed by atoms with E-state index < -0.39 is 10.8 Å². The molecule has 1 aliphatic rings. The van der Waals surface area contributed by atoms with E-state index in [9.17, 15) is 19.7 Å². The normalized spacial score (nSPS) is 15.3. The molecule has 3 rings (SSSR count). The van der Waals surface area contributed by atoms with Crippen molar-refractivity contribution >= 4 is 17.5 Å². The number of nitrogens with zero attached hydrogens (tertiary/aromatic N) is 3. The Morgan fingerprint density at radius 2 is 2.12 bits per heavy atom. The van der Waals surface area contributed by atoms with Gasteiger partial charge in [0.05, 0.1) is 23.8 Å². The average molecular weight is 441 g/mol. The molecular formula is C23H27N3O6. The summed E-state index contributed by atoms with van der Waals surface area (Å²) in [6, 6.07) is 7.83. The molecular weight excluding hydrogens is 414 g/mol. The maximum atomic E-state index is 13.2. The molecule has 2 aromatic rings. The van der Waals surface area contributed by atoms with Crippen LogP contribution in [0.25, 0.3) is 0 Å². The topological polar surface area (TPSA) is 106 Å². The number of amides is 2. The number of carbonyl (C=O) groups excluding carboxylic acids is 2. The summed E-state index contributed by atoms with van der Waals surface area (Å²) in [4.78, 5) is 40.0. The van der Waals surface area contributed by atoms with Crippen molar-refractivity contribution in [3.05, 3.63) is 76.3 Å². The van der Waals surface area contributed by atoms with Crippen molar-refractivity contribution < 1.29 is 23.7 Å². The van der Waals surface area contributed by atoms with Gasteiger partial charge in [-0.25, -0.2) is 0 Å². The molecule has 0 bridgehead atoms. The molecule has 0 aliphatic carbocycles. The zero-order chi connectivity index (χ0) is 23.1. The predicted octanol–water partition coefficient (Wildman–Crippen LogP) is 3.33. The van der Waals surface area contributed by atoms with Gasteiger partial charge in [0.1, 0.15) is 12.3 Å². The Morgan fingerprint density at radius 3 is 2.75 bits per heavy atom. The molecule has 9 heteroatoms. The summed E-state index contributed by atoms with van der Waals surface area (Å²) < 4.78 is 11.1. The summed E-state index contributed by atoms with van der Waals surface area (Å²) in [5.41, 5.74) is 0.464. The first-order chi connectivity index (χ1) is 15.4. The van der Waals surface area contributed by atoms with Crippen LogP contribution in [0.5, 0.6) is 0 Å². The minimum atomic E-state index is -0.526. The van der Waals surface area contributed by atoms with Gasteiger partial charge in [0, 0.05) is 36.9 Å². The molecule has 0 saturated carbocycles. The van der Waals surface area contributed by atoms with E-state index in [-0.39, 0.29) is 42.9 Å². The van der Waals surface area contributed by atoms with Crippen molar-refractivity contribution in [2.24, 2.45) is 0 Å². The van der Waals surface area contributed by atoms with Gasteiger partial charge in [-0.05, 0) is 38.0 Å². The van der Waals surface area contributed by atoms with Gasteiger partial charge >= 0.3 is 0 Å². The highest BCUT2D eigenvalue weighted by Gasteiger charge is 2.27. The Hall–Kier alpha value is -3.46. The van der Waals surface area contributed by atoms with E-state index in [0.717, 1.165) is 12.8 Å². The number of rotatable bonds is 10. The van der Waals surface area contributed by atoms with Crippen molar-refractivity contribution in [1.82, 2.24) is 9.80 Å². The molecule has 1 saturated heterocycles. The smallest absolute Gasteiger partial charge is 0.273 e. The lowest BCUT2D eigenvalue weighted by molar-refractivity contribution is -0.385.